The molecule has 0 aromatic rings. The lowest BCUT2D eigenvalue weighted by Gasteiger charge is -2.39. The minimum atomic E-state index is 0.367. The van der Waals surface area contributed by atoms with E-state index in [1.54, 1.807) is 0 Å². The van der Waals surface area contributed by atoms with E-state index in [4.69, 9.17) is 0 Å². The molecule has 0 radical (unpaired) electrons. The van der Waals surface area contributed by atoms with Gasteiger partial charge in [-0.25, -0.2) is 0 Å². The maximum Gasteiger partial charge on any atom is 0.222 e. The third kappa shape index (κ3) is 5.28. The lowest BCUT2D eigenvalue weighted by molar-refractivity contribution is -0.133. The molecule has 1 aliphatic carbocycles. The van der Waals surface area contributed by atoms with Crippen LogP contribution in [-0.2, 0) is 4.79 Å². The average molecular weight is 294 g/mol. The summed E-state index contributed by atoms with van der Waals surface area (Å²) in [6.45, 7) is 7.45. The summed E-state index contributed by atoms with van der Waals surface area (Å²) in [7, 11) is 0. The van der Waals surface area contributed by atoms with Gasteiger partial charge in [-0.2, -0.15) is 0 Å². The Morgan fingerprint density at radius 3 is 2.52 bits per heavy atom. The summed E-state index contributed by atoms with van der Waals surface area (Å²) >= 11 is 0. The molecular weight excluding hydrogens is 260 g/mol. The van der Waals surface area contributed by atoms with E-state index in [9.17, 15) is 4.79 Å². The van der Waals surface area contributed by atoms with Crippen molar-refractivity contribution in [2.45, 2.75) is 77.7 Å². The molecule has 0 aromatic carbocycles. The molecule has 0 bridgehead atoms. The zero-order valence-corrected chi connectivity index (χ0v) is 14.1. The molecule has 2 aliphatic rings. The second-order valence-electron chi connectivity index (χ2n) is 7.19. The Balaban J connectivity index is 1.84. The highest BCUT2D eigenvalue weighted by molar-refractivity contribution is 5.76. The van der Waals surface area contributed by atoms with Crippen molar-refractivity contribution in [3.63, 3.8) is 0 Å². The molecule has 3 heteroatoms. The highest BCUT2D eigenvalue weighted by Gasteiger charge is 2.29. The van der Waals surface area contributed by atoms with Gasteiger partial charge in [0.25, 0.3) is 0 Å². The van der Waals surface area contributed by atoms with Crippen LogP contribution in [0, 0.1) is 11.8 Å². The Morgan fingerprint density at radius 1 is 1.10 bits per heavy atom. The minimum Gasteiger partial charge on any atom is -0.341 e. The first kappa shape index (κ1) is 16.8. The monoisotopic (exact) mass is 294 g/mol. The zero-order valence-electron chi connectivity index (χ0n) is 14.1. The summed E-state index contributed by atoms with van der Waals surface area (Å²) in [6.07, 6.45) is 11.1. The number of carbonyl (C=O) groups is 1. The van der Waals surface area contributed by atoms with Gasteiger partial charge in [0.2, 0.25) is 5.91 Å². The molecule has 21 heavy (non-hydrogen) atoms. The first-order chi connectivity index (χ1) is 10.2. The fraction of sp³-hybridized carbons (Fsp3) is 0.944. The van der Waals surface area contributed by atoms with Gasteiger partial charge in [-0.15, -0.1) is 0 Å². The molecule has 3 nitrogen and oxygen atoms in total. The number of hydrogen-bond donors (Lipinski definition) is 1. The predicted octanol–water partition coefficient (Wildman–Crippen LogP) is 3.58. The van der Waals surface area contributed by atoms with Gasteiger partial charge in [-0.05, 0) is 50.5 Å². The van der Waals surface area contributed by atoms with Gasteiger partial charge in [-0.3, -0.25) is 4.79 Å². The Labute approximate surface area is 130 Å². The molecule has 1 saturated carbocycles. The van der Waals surface area contributed by atoms with Crippen LogP contribution in [0.3, 0.4) is 0 Å². The number of hydrogen-bond acceptors (Lipinski definition) is 2. The number of nitrogens with one attached hydrogen (secondary N) is 1. The smallest absolute Gasteiger partial charge is 0.222 e. The molecule has 1 amide bonds. The molecule has 2 atom stereocenters. The zero-order chi connectivity index (χ0) is 15.1. The van der Waals surface area contributed by atoms with Gasteiger partial charge in [0, 0.05) is 25.6 Å². The van der Waals surface area contributed by atoms with E-state index >= 15 is 0 Å². The highest BCUT2D eigenvalue weighted by atomic mass is 16.2. The Kier molecular flexibility index (Phi) is 7.01. The van der Waals surface area contributed by atoms with E-state index in [2.05, 4.69) is 24.1 Å². The lowest BCUT2D eigenvalue weighted by atomic mass is 9.90. The second kappa shape index (κ2) is 8.77. The van der Waals surface area contributed by atoms with Crippen LogP contribution in [0.1, 0.15) is 71.6 Å². The summed E-state index contributed by atoms with van der Waals surface area (Å²) < 4.78 is 0. The van der Waals surface area contributed by atoms with Crippen molar-refractivity contribution in [1.29, 1.82) is 0 Å². The summed E-state index contributed by atoms with van der Waals surface area (Å²) in [5.74, 6) is 1.95. The molecule has 2 rings (SSSR count). The first-order valence-corrected chi connectivity index (χ1v) is 9.24. The number of likely N-dealkylation sites (tertiary alicyclic amines) is 1. The van der Waals surface area contributed by atoms with E-state index in [1.807, 2.05) is 0 Å². The molecule has 2 fully saturated rings. The van der Waals surface area contributed by atoms with Crippen molar-refractivity contribution in [1.82, 2.24) is 10.2 Å². The van der Waals surface area contributed by atoms with Gasteiger partial charge in [0.15, 0.2) is 0 Å². The standard InChI is InChI=1S/C18H34N2O/c1-3-7-16-11-17(19-12-15-9-5-6-10-15)14-20(13-16)18(21)8-4-2/h15-17,19H,3-14H2,1-2H3. The maximum atomic E-state index is 12.3. The molecular formula is C18H34N2O. The van der Waals surface area contributed by atoms with Gasteiger partial charge in [0.1, 0.15) is 0 Å². The van der Waals surface area contributed by atoms with Gasteiger partial charge in [-0.1, -0.05) is 33.1 Å². The number of amides is 1. The third-order valence-electron chi connectivity index (χ3n) is 5.22. The molecule has 0 spiro atoms. The normalized spacial score (nSPS) is 27.2. The number of nitrogens with zero attached hydrogens (tertiary/aromatic N) is 1. The fourth-order valence-corrected chi connectivity index (χ4v) is 4.09. The van der Waals surface area contributed by atoms with E-state index in [0.29, 0.717) is 24.3 Å². The van der Waals surface area contributed by atoms with Crippen LogP contribution in [0.2, 0.25) is 0 Å². The molecule has 0 aromatic heterocycles. The number of rotatable bonds is 7. The molecule has 1 heterocycles. The van der Waals surface area contributed by atoms with E-state index in [1.165, 1.54) is 51.5 Å². The van der Waals surface area contributed by atoms with Gasteiger partial charge >= 0.3 is 0 Å². The minimum absolute atomic E-state index is 0.367. The largest absolute Gasteiger partial charge is 0.341 e. The molecule has 1 N–H and O–H groups in total. The molecule has 1 aliphatic heterocycles. The van der Waals surface area contributed by atoms with Crippen molar-refractivity contribution in [2.75, 3.05) is 19.6 Å². The van der Waals surface area contributed by atoms with E-state index in [-0.39, 0.29) is 0 Å². The van der Waals surface area contributed by atoms with Gasteiger partial charge < -0.3 is 10.2 Å². The first-order valence-electron chi connectivity index (χ1n) is 9.24. The SMILES string of the molecule is CCCC(=O)N1CC(CCC)CC(NCC2CCCC2)C1. The summed E-state index contributed by atoms with van der Waals surface area (Å²) in [5, 5.41) is 3.78. The molecule has 122 valence electrons. The molecule has 2 unspecified atom stereocenters. The van der Waals surface area contributed by atoms with Crippen molar-refractivity contribution in [3.05, 3.63) is 0 Å². The molecule has 1 saturated heterocycles. The Bertz CT molecular complexity index is 312. The van der Waals surface area contributed by atoms with Crippen LogP contribution in [0.25, 0.3) is 0 Å². The average Bonchev–Trinajstić information content (AvgIpc) is 2.99. The van der Waals surface area contributed by atoms with Gasteiger partial charge in [0.05, 0.1) is 0 Å². The Hall–Kier alpha value is -0.570. The van der Waals surface area contributed by atoms with E-state index < -0.39 is 0 Å². The summed E-state index contributed by atoms with van der Waals surface area (Å²) in [4.78, 5) is 14.4. The predicted molar refractivity (Wildman–Crippen MR) is 88.3 cm³/mol. The number of carbonyl (C=O) groups excluding carboxylic acids is 1. The quantitative estimate of drug-likeness (QED) is 0.778. The second-order valence-corrected chi connectivity index (χ2v) is 7.19. The summed E-state index contributed by atoms with van der Waals surface area (Å²) in [6, 6.07) is 0.525. The number of piperidine rings is 1. The lowest BCUT2D eigenvalue weighted by Crippen LogP contribution is -2.51. The van der Waals surface area contributed by atoms with Crippen LogP contribution in [0.4, 0.5) is 0 Å². The van der Waals surface area contributed by atoms with Crippen LogP contribution < -0.4 is 5.32 Å². The van der Waals surface area contributed by atoms with Crippen LogP contribution in [-0.4, -0.2) is 36.5 Å². The fourth-order valence-electron chi connectivity index (χ4n) is 4.09. The van der Waals surface area contributed by atoms with Crippen molar-refractivity contribution in [2.24, 2.45) is 11.8 Å². The van der Waals surface area contributed by atoms with Crippen LogP contribution >= 0.6 is 0 Å². The van der Waals surface area contributed by atoms with Crippen molar-refractivity contribution < 1.29 is 4.79 Å². The van der Waals surface area contributed by atoms with Crippen LogP contribution in [0.15, 0.2) is 0 Å². The summed E-state index contributed by atoms with van der Waals surface area (Å²) in [5.41, 5.74) is 0. The van der Waals surface area contributed by atoms with Crippen molar-refractivity contribution >= 4 is 5.91 Å². The third-order valence-corrected chi connectivity index (χ3v) is 5.22. The van der Waals surface area contributed by atoms with Crippen molar-refractivity contribution in [3.8, 4) is 0 Å². The Morgan fingerprint density at radius 2 is 1.86 bits per heavy atom. The maximum absolute atomic E-state index is 12.3. The topological polar surface area (TPSA) is 32.3 Å². The van der Waals surface area contributed by atoms with E-state index in [0.717, 1.165) is 25.4 Å². The highest BCUT2D eigenvalue weighted by Crippen LogP contribution is 2.26. The van der Waals surface area contributed by atoms with Crippen LogP contribution in [0.5, 0.6) is 0 Å².